The molecule has 1 aromatic carbocycles. The summed E-state index contributed by atoms with van der Waals surface area (Å²) < 4.78 is 5.82. The second kappa shape index (κ2) is 7.13. The van der Waals surface area contributed by atoms with Gasteiger partial charge in [0.15, 0.2) is 12.0 Å². The third-order valence-corrected chi connectivity index (χ3v) is 4.41. The van der Waals surface area contributed by atoms with Gasteiger partial charge in [-0.15, -0.1) is 0 Å². The van der Waals surface area contributed by atoms with E-state index in [2.05, 4.69) is 10.1 Å². The zero-order valence-corrected chi connectivity index (χ0v) is 15.0. The van der Waals surface area contributed by atoms with Gasteiger partial charge in [-0.05, 0) is 61.5 Å². The third-order valence-electron chi connectivity index (χ3n) is 4.41. The summed E-state index contributed by atoms with van der Waals surface area (Å²) in [5.74, 6) is 0.207. The number of aliphatic hydroxyl groups excluding tert-OH is 1. The quantitative estimate of drug-likeness (QED) is 0.722. The van der Waals surface area contributed by atoms with Crippen LogP contribution < -0.4 is 5.01 Å². The number of aliphatic hydroxyl groups is 1. The summed E-state index contributed by atoms with van der Waals surface area (Å²) >= 11 is 0. The monoisotopic (exact) mass is 375 g/mol. The number of furan rings is 1. The highest BCUT2D eigenvalue weighted by molar-refractivity contribution is 6.05. The molecule has 0 saturated carbocycles. The highest BCUT2D eigenvalue weighted by Gasteiger charge is 2.29. The molecule has 4 rings (SSSR count). The number of nitrogens with zero attached hydrogens (tertiary/aromatic N) is 3. The summed E-state index contributed by atoms with van der Waals surface area (Å²) in [4.78, 5) is 15.3. The molecule has 1 atom stereocenters. The van der Waals surface area contributed by atoms with E-state index < -0.39 is 12.2 Å². The summed E-state index contributed by atoms with van der Waals surface area (Å²) in [5.41, 5.74) is 2.74. The lowest BCUT2D eigenvalue weighted by atomic mass is 10.1. The minimum absolute atomic E-state index is 0.173. The van der Waals surface area contributed by atoms with E-state index in [4.69, 9.17) is 9.52 Å². The van der Waals surface area contributed by atoms with Crippen molar-refractivity contribution in [2.75, 3.05) is 5.01 Å². The maximum atomic E-state index is 11.0. The highest BCUT2D eigenvalue weighted by Crippen LogP contribution is 2.29. The zero-order valence-electron chi connectivity index (χ0n) is 15.0. The second-order valence-electron chi connectivity index (χ2n) is 6.27. The number of anilines is 1. The molecule has 0 aliphatic carbocycles. The van der Waals surface area contributed by atoms with Crippen molar-refractivity contribution in [2.45, 2.75) is 13.2 Å². The van der Waals surface area contributed by atoms with Crippen LogP contribution in [-0.4, -0.2) is 33.1 Å². The standard InChI is InChI=1S/C21H17N3O4/c1-13-17(12-16-9-10-19(28-16)18-4-2-3-11-22-18)20(25)24(23-13)15-7-5-14(6-8-15)21(26)27/h2-12,20,25H,1H3,(H,26,27). The molecule has 1 unspecified atom stereocenters. The van der Waals surface area contributed by atoms with Gasteiger partial charge in [-0.2, -0.15) is 5.10 Å². The van der Waals surface area contributed by atoms with Gasteiger partial charge >= 0.3 is 5.97 Å². The average molecular weight is 375 g/mol. The molecule has 140 valence electrons. The van der Waals surface area contributed by atoms with Crippen LogP contribution in [-0.2, 0) is 0 Å². The molecule has 3 aromatic rings. The minimum Gasteiger partial charge on any atom is -0.478 e. The van der Waals surface area contributed by atoms with E-state index in [1.54, 1.807) is 37.4 Å². The smallest absolute Gasteiger partial charge is 0.335 e. The Balaban J connectivity index is 1.59. The van der Waals surface area contributed by atoms with Crippen molar-refractivity contribution in [3.8, 4) is 11.5 Å². The van der Waals surface area contributed by atoms with E-state index in [1.165, 1.54) is 17.1 Å². The predicted octanol–water partition coefficient (Wildman–Crippen LogP) is 3.64. The molecular formula is C21H17N3O4. The molecule has 0 amide bonds. The van der Waals surface area contributed by atoms with E-state index in [-0.39, 0.29) is 5.56 Å². The van der Waals surface area contributed by atoms with Crippen molar-refractivity contribution in [2.24, 2.45) is 5.10 Å². The van der Waals surface area contributed by atoms with Gasteiger partial charge in [-0.1, -0.05) is 6.07 Å². The maximum Gasteiger partial charge on any atom is 0.335 e. The predicted molar refractivity (Wildman–Crippen MR) is 105 cm³/mol. The van der Waals surface area contributed by atoms with Crippen molar-refractivity contribution in [3.63, 3.8) is 0 Å². The first kappa shape index (κ1) is 17.7. The SMILES string of the molecule is CC1=NN(c2ccc(C(=O)O)cc2)C(O)C1=Cc1ccc(-c2ccccn2)o1. The maximum absolute atomic E-state index is 11.0. The van der Waals surface area contributed by atoms with Crippen LogP contribution in [0.25, 0.3) is 17.5 Å². The van der Waals surface area contributed by atoms with Gasteiger partial charge in [0.25, 0.3) is 0 Å². The zero-order chi connectivity index (χ0) is 19.7. The largest absolute Gasteiger partial charge is 0.478 e. The summed E-state index contributed by atoms with van der Waals surface area (Å²) in [6.45, 7) is 1.79. The number of carboxylic acids is 1. The van der Waals surface area contributed by atoms with Crippen LogP contribution in [0.3, 0.4) is 0 Å². The van der Waals surface area contributed by atoms with Crippen molar-refractivity contribution >= 4 is 23.4 Å². The van der Waals surface area contributed by atoms with Crippen molar-refractivity contribution in [1.82, 2.24) is 4.98 Å². The van der Waals surface area contributed by atoms with Gasteiger partial charge in [0.2, 0.25) is 0 Å². The molecule has 28 heavy (non-hydrogen) atoms. The lowest BCUT2D eigenvalue weighted by Crippen LogP contribution is -2.27. The van der Waals surface area contributed by atoms with E-state index in [0.717, 1.165) is 5.69 Å². The fraction of sp³-hybridized carbons (Fsp3) is 0.0952. The van der Waals surface area contributed by atoms with Crippen molar-refractivity contribution < 1.29 is 19.4 Å². The van der Waals surface area contributed by atoms with Gasteiger partial charge in [0.05, 0.1) is 17.0 Å². The van der Waals surface area contributed by atoms with Crippen LogP contribution in [0.4, 0.5) is 5.69 Å². The number of aromatic carboxylic acids is 1. The number of benzene rings is 1. The number of pyridine rings is 1. The molecule has 0 fully saturated rings. The molecule has 0 saturated heterocycles. The Labute approximate surface area is 160 Å². The molecule has 1 aliphatic heterocycles. The lowest BCUT2D eigenvalue weighted by molar-refractivity contribution is 0.0697. The van der Waals surface area contributed by atoms with E-state index >= 15 is 0 Å². The lowest BCUT2D eigenvalue weighted by Gasteiger charge is -2.19. The number of carbonyl (C=O) groups is 1. The first-order valence-corrected chi connectivity index (χ1v) is 8.62. The van der Waals surface area contributed by atoms with Crippen LogP contribution in [0, 0.1) is 0 Å². The van der Waals surface area contributed by atoms with Crippen LogP contribution in [0.1, 0.15) is 23.0 Å². The number of hydrazone groups is 1. The molecule has 3 heterocycles. The van der Waals surface area contributed by atoms with Gasteiger partial charge in [0.1, 0.15) is 11.5 Å². The molecule has 1 aliphatic rings. The topological polar surface area (TPSA) is 99.2 Å². The first-order chi connectivity index (χ1) is 13.5. The Morgan fingerprint density at radius 2 is 1.93 bits per heavy atom. The first-order valence-electron chi connectivity index (χ1n) is 8.62. The Morgan fingerprint density at radius 1 is 1.14 bits per heavy atom. The fourth-order valence-electron chi connectivity index (χ4n) is 2.96. The molecule has 0 bridgehead atoms. The number of aromatic nitrogens is 1. The summed E-state index contributed by atoms with van der Waals surface area (Å²) in [5, 5.41) is 25.5. The normalized spacial score (nSPS) is 17.8. The molecule has 7 heteroatoms. The number of hydrogen-bond acceptors (Lipinski definition) is 6. The Morgan fingerprint density at radius 3 is 2.61 bits per heavy atom. The fourth-order valence-corrected chi connectivity index (χ4v) is 2.96. The molecule has 2 aromatic heterocycles. The molecule has 0 spiro atoms. The van der Waals surface area contributed by atoms with Crippen molar-refractivity contribution in [1.29, 1.82) is 0 Å². The Hall–Kier alpha value is -3.71. The van der Waals surface area contributed by atoms with Crippen LogP contribution in [0.5, 0.6) is 0 Å². The van der Waals surface area contributed by atoms with Gasteiger partial charge in [0, 0.05) is 11.8 Å². The molecule has 0 radical (unpaired) electrons. The van der Waals surface area contributed by atoms with Gasteiger partial charge < -0.3 is 14.6 Å². The minimum atomic E-state index is -1.00. The highest BCUT2D eigenvalue weighted by atomic mass is 16.4. The second-order valence-corrected chi connectivity index (χ2v) is 6.27. The summed E-state index contributed by atoms with van der Waals surface area (Å²) in [7, 11) is 0. The number of hydrogen-bond donors (Lipinski definition) is 2. The summed E-state index contributed by atoms with van der Waals surface area (Å²) in [6.07, 6.45) is 2.43. The molecule has 2 N–H and O–H groups in total. The van der Waals surface area contributed by atoms with Crippen molar-refractivity contribution in [3.05, 3.63) is 77.7 Å². The third kappa shape index (κ3) is 3.30. The van der Waals surface area contributed by atoms with E-state index in [9.17, 15) is 9.90 Å². The number of carboxylic acid groups (broad SMARTS) is 1. The molecular weight excluding hydrogens is 358 g/mol. The van der Waals surface area contributed by atoms with Gasteiger partial charge in [-0.3, -0.25) is 4.98 Å². The Kier molecular flexibility index (Phi) is 4.50. The summed E-state index contributed by atoms with van der Waals surface area (Å²) in [6, 6.07) is 15.4. The van der Waals surface area contributed by atoms with Crippen LogP contribution in [0.15, 0.2) is 75.9 Å². The number of rotatable bonds is 4. The van der Waals surface area contributed by atoms with Gasteiger partial charge in [-0.25, -0.2) is 9.80 Å². The van der Waals surface area contributed by atoms with E-state index in [0.29, 0.717) is 28.5 Å². The average Bonchev–Trinajstić information content (AvgIpc) is 3.29. The molecule has 7 nitrogen and oxygen atoms in total. The van der Waals surface area contributed by atoms with Crippen LogP contribution >= 0.6 is 0 Å². The van der Waals surface area contributed by atoms with Crippen LogP contribution in [0.2, 0.25) is 0 Å². The van der Waals surface area contributed by atoms with E-state index in [1.807, 2.05) is 24.3 Å². The Bertz CT molecular complexity index is 1070.